The number of aliphatic hydroxyl groups excluding tert-OH is 11. The van der Waals surface area contributed by atoms with E-state index >= 15 is 0 Å². The van der Waals surface area contributed by atoms with E-state index in [4.69, 9.17) is 28.4 Å². The summed E-state index contributed by atoms with van der Waals surface area (Å²) in [5.74, 6) is -0.242. The summed E-state index contributed by atoms with van der Waals surface area (Å²) in [6, 6.07) is -0.891. The van der Waals surface area contributed by atoms with Gasteiger partial charge in [0.1, 0.15) is 73.2 Å². The standard InChI is InChI=1S/C78H143NO18/c1-3-5-7-9-11-13-15-17-19-21-23-25-27-29-30-32-33-35-37-39-41-43-45-47-49-51-53-55-62(83)61(79-66(84)56-54-52-50-48-46-44-42-40-38-36-34-31-28-26-24-22-20-18-16-14-12-10-8-6-4-2)60-92-76-72(90)69(87)74(64(58-81)94-76)97-78-73(91)70(88)75(65(59-82)95-78)96-77-71(89)68(86)67(85)63(57-80)93-77/h6,8,12,14,18,20,24,26,61-65,67-78,80-83,85-91H,3-5,7,9-11,13,15-17,19,21-23,25,27-60H2,1-2H3,(H,79,84)/b8-6-,14-12-,20-18-,26-24-. The minimum Gasteiger partial charge on any atom is -0.394 e. The van der Waals surface area contributed by atoms with Crippen molar-refractivity contribution in [2.24, 2.45) is 0 Å². The summed E-state index contributed by atoms with van der Waals surface area (Å²) in [5, 5.41) is 121. The van der Waals surface area contributed by atoms with E-state index in [1.165, 1.54) is 199 Å². The Morgan fingerprint density at radius 3 is 1.11 bits per heavy atom. The molecule has 3 rings (SSSR count). The first-order valence-corrected chi connectivity index (χ1v) is 39.4. The molecule has 19 heteroatoms. The molecule has 568 valence electrons. The third kappa shape index (κ3) is 39.8. The first kappa shape index (κ1) is 89.0. The SMILES string of the molecule is CC/C=C\C/C=C\C/C=C\C/C=C\CCCCCCCCCCCCCCC(=O)NC(COC1OC(CO)C(OC2OC(CO)C(OC3OC(CO)C(O)C(O)C3O)C(O)C2O)C(O)C1O)C(O)CCCCCCCCCCCCCCCCCCCCCCCCCCCCC. The highest BCUT2D eigenvalue weighted by atomic mass is 16.8. The fourth-order valence-electron chi connectivity index (χ4n) is 13.4. The van der Waals surface area contributed by atoms with Crippen LogP contribution in [-0.2, 0) is 33.2 Å². The van der Waals surface area contributed by atoms with Crippen LogP contribution in [0.25, 0.3) is 0 Å². The van der Waals surface area contributed by atoms with Gasteiger partial charge in [-0.05, 0) is 51.4 Å². The lowest BCUT2D eigenvalue weighted by Gasteiger charge is -2.48. The molecule has 12 N–H and O–H groups in total. The lowest BCUT2D eigenvalue weighted by molar-refractivity contribution is -0.379. The summed E-state index contributed by atoms with van der Waals surface area (Å²) in [4.78, 5) is 13.5. The number of unbranched alkanes of at least 4 members (excludes halogenated alkanes) is 38. The Morgan fingerprint density at radius 2 is 0.711 bits per heavy atom. The van der Waals surface area contributed by atoms with Crippen LogP contribution in [0.15, 0.2) is 48.6 Å². The second-order valence-electron chi connectivity index (χ2n) is 28.2. The van der Waals surface area contributed by atoms with Gasteiger partial charge in [0.2, 0.25) is 5.91 Å². The molecule has 3 saturated heterocycles. The summed E-state index contributed by atoms with van der Waals surface area (Å²) in [6.07, 6.45) is 46.2. The van der Waals surface area contributed by atoms with Gasteiger partial charge in [0.05, 0.1) is 38.6 Å². The molecule has 3 fully saturated rings. The quantitative estimate of drug-likeness (QED) is 0.0199. The number of carbonyl (C=O) groups is 1. The highest BCUT2D eigenvalue weighted by molar-refractivity contribution is 5.76. The molecular weight excluding hydrogens is 1240 g/mol. The van der Waals surface area contributed by atoms with Crippen LogP contribution >= 0.6 is 0 Å². The maximum atomic E-state index is 13.5. The number of allylic oxidation sites excluding steroid dienone is 8. The van der Waals surface area contributed by atoms with Crippen molar-refractivity contribution in [3.63, 3.8) is 0 Å². The van der Waals surface area contributed by atoms with Crippen molar-refractivity contribution in [1.82, 2.24) is 5.32 Å². The van der Waals surface area contributed by atoms with Gasteiger partial charge in [0.25, 0.3) is 0 Å². The summed E-state index contributed by atoms with van der Waals surface area (Å²) in [5.41, 5.74) is 0. The van der Waals surface area contributed by atoms with Crippen LogP contribution in [0.1, 0.15) is 309 Å². The van der Waals surface area contributed by atoms with Crippen LogP contribution in [0.4, 0.5) is 0 Å². The maximum absolute atomic E-state index is 13.5. The van der Waals surface area contributed by atoms with Crippen molar-refractivity contribution < 1.29 is 89.4 Å². The first-order chi connectivity index (χ1) is 47.3. The Hall–Kier alpha value is -2.25. The Kier molecular flexibility index (Phi) is 54.3. The third-order valence-corrected chi connectivity index (χ3v) is 19.7. The number of rotatable bonds is 62. The van der Waals surface area contributed by atoms with Crippen LogP contribution in [0.2, 0.25) is 0 Å². The van der Waals surface area contributed by atoms with Crippen LogP contribution in [-0.4, -0.2) is 193 Å². The molecule has 0 radical (unpaired) electrons. The van der Waals surface area contributed by atoms with Crippen molar-refractivity contribution in [2.45, 2.75) is 413 Å². The number of carbonyl (C=O) groups excluding carboxylic acids is 1. The average molecular weight is 1380 g/mol. The van der Waals surface area contributed by atoms with Crippen molar-refractivity contribution in [1.29, 1.82) is 0 Å². The van der Waals surface area contributed by atoms with Gasteiger partial charge in [0, 0.05) is 6.42 Å². The summed E-state index contributed by atoms with van der Waals surface area (Å²) in [7, 11) is 0. The largest absolute Gasteiger partial charge is 0.394 e. The van der Waals surface area contributed by atoms with E-state index in [1.54, 1.807) is 0 Å². The second kappa shape index (κ2) is 59.2. The number of hydrogen-bond acceptors (Lipinski definition) is 18. The lowest BCUT2D eigenvalue weighted by Crippen LogP contribution is -2.66. The fourth-order valence-corrected chi connectivity index (χ4v) is 13.4. The molecule has 0 aromatic rings. The molecule has 3 aliphatic heterocycles. The zero-order chi connectivity index (χ0) is 70.4. The van der Waals surface area contributed by atoms with Crippen molar-refractivity contribution in [2.75, 3.05) is 26.4 Å². The molecule has 0 aromatic carbocycles. The Bertz CT molecular complexity index is 1940. The van der Waals surface area contributed by atoms with Gasteiger partial charge in [-0.3, -0.25) is 4.79 Å². The molecule has 0 aliphatic carbocycles. The predicted molar refractivity (Wildman–Crippen MR) is 383 cm³/mol. The molecule has 3 heterocycles. The maximum Gasteiger partial charge on any atom is 0.220 e. The number of hydrogen-bond donors (Lipinski definition) is 12. The molecule has 3 aliphatic rings. The normalized spacial score (nSPS) is 27.1. The molecule has 0 aromatic heterocycles. The van der Waals surface area contributed by atoms with Crippen LogP contribution in [0.5, 0.6) is 0 Å². The molecule has 1 amide bonds. The van der Waals surface area contributed by atoms with Gasteiger partial charge in [-0.1, -0.05) is 300 Å². The summed E-state index contributed by atoms with van der Waals surface area (Å²) < 4.78 is 34.5. The number of ether oxygens (including phenoxy) is 6. The fraction of sp³-hybridized carbons (Fsp3) is 0.885. The van der Waals surface area contributed by atoms with Crippen LogP contribution < -0.4 is 5.32 Å². The van der Waals surface area contributed by atoms with Crippen molar-refractivity contribution in [3.05, 3.63) is 48.6 Å². The zero-order valence-corrected chi connectivity index (χ0v) is 60.6. The van der Waals surface area contributed by atoms with E-state index in [2.05, 4.69) is 67.8 Å². The van der Waals surface area contributed by atoms with Gasteiger partial charge in [-0.2, -0.15) is 0 Å². The molecule has 17 unspecified atom stereocenters. The Morgan fingerprint density at radius 1 is 0.381 bits per heavy atom. The van der Waals surface area contributed by atoms with E-state index in [0.29, 0.717) is 12.8 Å². The van der Waals surface area contributed by atoms with E-state index in [9.17, 15) is 61.0 Å². The molecule has 0 spiro atoms. The smallest absolute Gasteiger partial charge is 0.220 e. The monoisotopic (exact) mass is 1380 g/mol. The Balaban J connectivity index is 1.38. The van der Waals surface area contributed by atoms with E-state index < -0.39 is 124 Å². The van der Waals surface area contributed by atoms with Crippen molar-refractivity contribution >= 4 is 5.91 Å². The van der Waals surface area contributed by atoms with E-state index in [1.807, 2.05) is 0 Å². The predicted octanol–water partition coefficient (Wildman–Crippen LogP) is 12.5. The minimum absolute atomic E-state index is 0.242. The molecule has 17 atom stereocenters. The topological polar surface area (TPSA) is 307 Å². The second-order valence-corrected chi connectivity index (χ2v) is 28.2. The molecule has 0 bridgehead atoms. The number of aliphatic hydroxyl groups is 11. The van der Waals surface area contributed by atoms with Gasteiger partial charge in [-0.15, -0.1) is 0 Å². The first-order valence-electron chi connectivity index (χ1n) is 39.4. The van der Waals surface area contributed by atoms with Crippen molar-refractivity contribution in [3.8, 4) is 0 Å². The van der Waals surface area contributed by atoms with Crippen LogP contribution in [0, 0.1) is 0 Å². The zero-order valence-electron chi connectivity index (χ0n) is 60.6. The van der Waals surface area contributed by atoms with Crippen LogP contribution in [0.3, 0.4) is 0 Å². The number of amides is 1. The summed E-state index contributed by atoms with van der Waals surface area (Å²) >= 11 is 0. The van der Waals surface area contributed by atoms with Gasteiger partial charge >= 0.3 is 0 Å². The summed E-state index contributed by atoms with van der Waals surface area (Å²) in [6.45, 7) is 1.73. The molecule has 19 nitrogen and oxygen atoms in total. The molecule has 97 heavy (non-hydrogen) atoms. The Labute approximate surface area is 586 Å². The van der Waals surface area contributed by atoms with E-state index in [0.717, 1.165) is 77.0 Å². The minimum atomic E-state index is -1.97. The molecule has 0 saturated carbocycles. The lowest BCUT2D eigenvalue weighted by atomic mass is 9.96. The average Bonchev–Trinajstić information content (AvgIpc) is 0.797. The van der Waals surface area contributed by atoms with Gasteiger partial charge < -0.3 is 89.9 Å². The molecular formula is C78H143NO18. The number of nitrogens with one attached hydrogen (secondary N) is 1. The highest BCUT2D eigenvalue weighted by Crippen LogP contribution is 2.33. The van der Waals surface area contributed by atoms with Gasteiger partial charge in [-0.25, -0.2) is 0 Å². The van der Waals surface area contributed by atoms with Gasteiger partial charge in [0.15, 0.2) is 18.9 Å². The third-order valence-electron chi connectivity index (χ3n) is 19.7. The highest BCUT2D eigenvalue weighted by Gasteiger charge is 2.54. The van der Waals surface area contributed by atoms with E-state index in [-0.39, 0.29) is 18.9 Å².